The zero-order chi connectivity index (χ0) is 10.0. The zero-order valence-corrected chi connectivity index (χ0v) is 9.14. The van der Waals surface area contributed by atoms with E-state index in [1.165, 1.54) is 18.6 Å². The van der Waals surface area contributed by atoms with Crippen LogP contribution in [-0.4, -0.2) is 10.5 Å². The SMILES string of the molecule is CC1(C(NN)c2ccoc2)CCCS1. The molecular formula is C10H16N2OS. The molecule has 0 amide bonds. The van der Waals surface area contributed by atoms with Gasteiger partial charge >= 0.3 is 0 Å². The lowest BCUT2D eigenvalue weighted by Gasteiger charge is -2.31. The van der Waals surface area contributed by atoms with E-state index < -0.39 is 0 Å². The first-order valence-electron chi connectivity index (χ1n) is 4.88. The van der Waals surface area contributed by atoms with Crippen molar-refractivity contribution in [2.24, 2.45) is 5.84 Å². The lowest BCUT2D eigenvalue weighted by molar-refractivity contribution is 0.416. The highest BCUT2D eigenvalue weighted by Gasteiger charge is 2.38. The van der Waals surface area contributed by atoms with Gasteiger partial charge < -0.3 is 4.42 Å². The van der Waals surface area contributed by atoms with Crippen molar-refractivity contribution < 1.29 is 4.42 Å². The quantitative estimate of drug-likeness (QED) is 0.595. The second kappa shape index (κ2) is 3.96. The Labute approximate surface area is 88.4 Å². The maximum Gasteiger partial charge on any atom is 0.0951 e. The molecule has 0 aliphatic carbocycles. The van der Waals surface area contributed by atoms with Gasteiger partial charge in [-0.3, -0.25) is 11.3 Å². The summed E-state index contributed by atoms with van der Waals surface area (Å²) in [5, 5.41) is 0. The standard InChI is InChI=1S/C10H16N2OS/c1-10(4-2-6-14-10)9(12-11)8-3-5-13-7-8/h3,5,7,9,12H,2,4,6,11H2,1H3. The van der Waals surface area contributed by atoms with Crippen molar-refractivity contribution in [3.05, 3.63) is 24.2 Å². The molecule has 0 spiro atoms. The molecule has 1 aromatic heterocycles. The van der Waals surface area contributed by atoms with Gasteiger partial charge in [-0.2, -0.15) is 11.8 Å². The van der Waals surface area contributed by atoms with Crippen molar-refractivity contribution in [3.63, 3.8) is 0 Å². The fourth-order valence-corrected chi connectivity index (χ4v) is 3.51. The van der Waals surface area contributed by atoms with Crippen LogP contribution in [0, 0.1) is 0 Å². The summed E-state index contributed by atoms with van der Waals surface area (Å²) in [6.45, 7) is 2.27. The van der Waals surface area contributed by atoms with Crippen LogP contribution in [-0.2, 0) is 0 Å². The average molecular weight is 212 g/mol. The van der Waals surface area contributed by atoms with Crippen molar-refractivity contribution >= 4 is 11.8 Å². The van der Waals surface area contributed by atoms with E-state index in [9.17, 15) is 0 Å². The van der Waals surface area contributed by atoms with Crippen molar-refractivity contribution in [2.45, 2.75) is 30.6 Å². The minimum absolute atomic E-state index is 0.189. The van der Waals surface area contributed by atoms with Gasteiger partial charge in [0.2, 0.25) is 0 Å². The van der Waals surface area contributed by atoms with E-state index in [1.807, 2.05) is 17.8 Å². The summed E-state index contributed by atoms with van der Waals surface area (Å²) in [5.74, 6) is 6.85. The Morgan fingerprint density at radius 2 is 2.57 bits per heavy atom. The van der Waals surface area contributed by atoms with Gasteiger partial charge in [0.1, 0.15) is 0 Å². The molecular weight excluding hydrogens is 196 g/mol. The number of hydrogen-bond donors (Lipinski definition) is 2. The Hall–Kier alpha value is -0.450. The van der Waals surface area contributed by atoms with Gasteiger partial charge in [-0.25, -0.2) is 0 Å². The fourth-order valence-electron chi connectivity index (χ4n) is 2.09. The predicted molar refractivity (Wildman–Crippen MR) is 58.9 cm³/mol. The molecule has 1 aliphatic heterocycles. The van der Waals surface area contributed by atoms with Crippen LogP contribution in [0.3, 0.4) is 0 Å². The molecule has 3 nitrogen and oxygen atoms in total. The predicted octanol–water partition coefficient (Wildman–Crippen LogP) is 2.07. The topological polar surface area (TPSA) is 51.2 Å². The number of nitrogens with two attached hydrogens (primary N) is 1. The Balaban J connectivity index is 2.20. The van der Waals surface area contributed by atoms with Crippen LogP contribution >= 0.6 is 11.8 Å². The molecule has 1 fully saturated rings. The summed E-state index contributed by atoms with van der Waals surface area (Å²) < 4.78 is 5.30. The maximum atomic E-state index is 5.62. The molecule has 0 saturated carbocycles. The monoisotopic (exact) mass is 212 g/mol. The summed E-state index contributed by atoms with van der Waals surface area (Å²) in [5.41, 5.74) is 4.05. The first-order valence-corrected chi connectivity index (χ1v) is 5.87. The lowest BCUT2D eigenvalue weighted by atomic mass is 9.92. The van der Waals surface area contributed by atoms with E-state index in [4.69, 9.17) is 10.3 Å². The Bertz CT molecular complexity index is 280. The first kappa shape index (κ1) is 10.1. The van der Waals surface area contributed by atoms with E-state index in [-0.39, 0.29) is 10.8 Å². The summed E-state index contributed by atoms with van der Waals surface area (Å²) in [6.07, 6.45) is 5.95. The van der Waals surface area contributed by atoms with Crippen molar-refractivity contribution in [1.29, 1.82) is 0 Å². The van der Waals surface area contributed by atoms with E-state index in [0.29, 0.717) is 0 Å². The van der Waals surface area contributed by atoms with Crippen LogP contribution in [0.1, 0.15) is 31.4 Å². The molecule has 3 N–H and O–H groups in total. The van der Waals surface area contributed by atoms with Gasteiger partial charge in [0.05, 0.1) is 18.6 Å². The van der Waals surface area contributed by atoms with Crippen LogP contribution in [0.25, 0.3) is 0 Å². The highest BCUT2D eigenvalue weighted by Crippen LogP contribution is 2.46. The molecule has 78 valence electrons. The third-order valence-electron chi connectivity index (χ3n) is 2.90. The number of hydrazine groups is 1. The van der Waals surface area contributed by atoms with Crippen LogP contribution in [0.15, 0.2) is 23.0 Å². The van der Waals surface area contributed by atoms with Crippen molar-refractivity contribution in [2.75, 3.05) is 5.75 Å². The van der Waals surface area contributed by atoms with Gasteiger partial charge in [-0.05, 0) is 31.6 Å². The molecule has 1 aliphatic rings. The van der Waals surface area contributed by atoms with Crippen molar-refractivity contribution in [1.82, 2.24) is 5.43 Å². The minimum atomic E-state index is 0.189. The molecule has 0 radical (unpaired) electrons. The molecule has 1 saturated heterocycles. The third-order valence-corrected chi connectivity index (χ3v) is 4.50. The molecule has 0 bridgehead atoms. The van der Waals surface area contributed by atoms with E-state index in [2.05, 4.69) is 12.3 Å². The molecule has 2 atom stereocenters. The Kier molecular flexibility index (Phi) is 2.85. The van der Waals surface area contributed by atoms with Gasteiger partial charge in [-0.15, -0.1) is 0 Å². The van der Waals surface area contributed by atoms with Gasteiger partial charge in [0.15, 0.2) is 0 Å². The third kappa shape index (κ3) is 1.69. The van der Waals surface area contributed by atoms with E-state index >= 15 is 0 Å². The molecule has 2 rings (SSSR count). The van der Waals surface area contributed by atoms with E-state index in [0.717, 1.165) is 5.56 Å². The average Bonchev–Trinajstić information content (AvgIpc) is 2.78. The highest BCUT2D eigenvalue weighted by molar-refractivity contribution is 8.00. The molecule has 0 aromatic carbocycles. The second-order valence-corrected chi connectivity index (χ2v) is 5.55. The zero-order valence-electron chi connectivity index (χ0n) is 8.32. The van der Waals surface area contributed by atoms with Crippen molar-refractivity contribution in [3.8, 4) is 0 Å². The minimum Gasteiger partial charge on any atom is -0.472 e. The van der Waals surface area contributed by atoms with Crippen LogP contribution in [0.5, 0.6) is 0 Å². The summed E-state index contributed by atoms with van der Waals surface area (Å²) >= 11 is 1.99. The van der Waals surface area contributed by atoms with Gasteiger partial charge in [0, 0.05) is 10.3 Å². The number of rotatable bonds is 3. The van der Waals surface area contributed by atoms with Gasteiger partial charge in [0.25, 0.3) is 0 Å². The van der Waals surface area contributed by atoms with Crippen LogP contribution in [0.4, 0.5) is 0 Å². The first-order chi connectivity index (χ1) is 6.76. The number of hydrogen-bond acceptors (Lipinski definition) is 4. The summed E-state index contributed by atoms with van der Waals surface area (Å²) in [4.78, 5) is 0. The largest absolute Gasteiger partial charge is 0.472 e. The Morgan fingerprint density at radius 1 is 1.71 bits per heavy atom. The van der Waals surface area contributed by atoms with Crippen LogP contribution in [0.2, 0.25) is 0 Å². The normalized spacial score (nSPS) is 29.3. The number of thioether (sulfide) groups is 1. The highest BCUT2D eigenvalue weighted by atomic mass is 32.2. The molecule has 2 unspecified atom stereocenters. The maximum absolute atomic E-state index is 5.62. The molecule has 14 heavy (non-hydrogen) atoms. The van der Waals surface area contributed by atoms with Crippen LogP contribution < -0.4 is 11.3 Å². The van der Waals surface area contributed by atoms with E-state index in [1.54, 1.807) is 12.5 Å². The summed E-state index contributed by atoms with van der Waals surface area (Å²) in [6, 6.07) is 2.17. The molecule has 2 heterocycles. The second-order valence-electron chi connectivity index (χ2n) is 3.92. The fraction of sp³-hybridized carbons (Fsp3) is 0.600. The molecule has 1 aromatic rings. The number of nitrogens with one attached hydrogen (secondary N) is 1. The smallest absolute Gasteiger partial charge is 0.0951 e. The Morgan fingerprint density at radius 3 is 3.07 bits per heavy atom. The van der Waals surface area contributed by atoms with Gasteiger partial charge in [-0.1, -0.05) is 0 Å². The summed E-state index contributed by atoms with van der Waals surface area (Å²) in [7, 11) is 0. The number of furan rings is 1. The lowest BCUT2D eigenvalue weighted by Crippen LogP contribution is -2.41. The molecule has 4 heteroatoms.